The molecule has 0 N–H and O–H groups in total. The van der Waals surface area contributed by atoms with Crippen molar-refractivity contribution in [2.24, 2.45) is 5.92 Å². The van der Waals surface area contributed by atoms with Crippen LogP contribution in [0.3, 0.4) is 0 Å². The molecule has 0 spiro atoms. The smallest absolute Gasteiger partial charge is 0.0577 e. The molecular formula is C9H17-. The van der Waals surface area contributed by atoms with Gasteiger partial charge in [0.1, 0.15) is 0 Å². The summed E-state index contributed by atoms with van der Waals surface area (Å²) in [5, 5.41) is 0. The second kappa shape index (κ2) is 3.24. The largest absolute Gasteiger partial charge is 0.311 e. The first-order valence-corrected chi connectivity index (χ1v) is 4.23. The average Bonchev–Trinajstić information content (AvgIpc) is 1.78. The van der Waals surface area contributed by atoms with E-state index in [2.05, 4.69) is 13.8 Å². The Morgan fingerprint density at radius 2 is 1.78 bits per heavy atom. The highest BCUT2D eigenvalue weighted by atomic mass is 14.3. The van der Waals surface area contributed by atoms with E-state index < -0.39 is 0 Å². The van der Waals surface area contributed by atoms with Crippen molar-refractivity contribution in [2.75, 3.05) is 0 Å². The molecule has 0 saturated heterocycles. The molecule has 1 rings (SSSR count). The van der Waals surface area contributed by atoms with Crippen LogP contribution in [0.2, 0.25) is 0 Å². The predicted octanol–water partition coefficient (Wildman–Crippen LogP) is 3.18. The van der Waals surface area contributed by atoms with E-state index in [-0.39, 0.29) is 0 Å². The van der Waals surface area contributed by atoms with Gasteiger partial charge in [0.05, 0.1) is 0 Å². The maximum Gasteiger partial charge on any atom is -0.0577 e. The van der Waals surface area contributed by atoms with Gasteiger partial charge < -0.3 is 5.92 Å². The third kappa shape index (κ3) is 1.47. The second-order valence-electron chi connectivity index (χ2n) is 2.99. The number of rotatable bonds is 3. The molecule has 9 heavy (non-hydrogen) atoms. The van der Waals surface area contributed by atoms with Crippen LogP contribution in [-0.4, -0.2) is 0 Å². The van der Waals surface area contributed by atoms with Crippen molar-refractivity contribution in [2.45, 2.75) is 46.0 Å². The van der Waals surface area contributed by atoms with Gasteiger partial charge in [-0.2, -0.15) is 18.8 Å². The Balaban J connectivity index is 2.19. The van der Waals surface area contributed by atoms with Crippen LogP contribution >= 0.6 is 0 Å². The molecule has 1 saturated carbocycles. The molecule has 0 radical (unpaired) electrons. The zero-order chi connectivity index (χ0) is 6.69. The Hall–Kier alpha value is 0. The fourth-order valence-corrected chi connectivity index (χ4v) is 1.64. The third-order valence-electron chi connectivity index (χ3n) is 2.59. The lowest BCUT2D eigenvalue weighted by molar-refractivity contribution is 0.311. The molecule has 0 heterocycles. The van der Waals surface area contributed by atoms with E-state index in [1.165, 1.54) is 32.1 Å². The van der Waals surface area contributed by atoms with Gasteiger partial charge in [-0.15, -0.1) is 0 Å². The molecule has 0 unspecified atom stereocenters. The first kappa shape index (κ1) is 7.11. The fourth-order valence-electron chi connectivity index (χ4n) is 1.64. The van der Waals surface area contributed by atoms with Crippen LogP contribution in [0.5, 0.6) is 0 Å². The highest BCUT2D eigenvalue weighted by molar-refractivity contribution is 4.97. The van der Waals surface area contributed by atoms with Gasteiger partial charge in [-0.3, -0.25) is 0 Å². The highest BCUT2D eigenvalue weighted by Crippen LogP contribution is 2.37. The Morgan fingerprint density at radius 3 is 1.89 bits per heavy atom. The van der Waals surface area contributed by atoms with Crippen molar-refractivity contribution in [3.8, 4) is 0 Å². The van der Waals surface area contributed by atoms with E-state index >= 15 is 0 Å². The lowest BCUT2D eigenvalue weighted by Gasteiger charge is -2.44. The molecule has 0 aromatic carbocycles. The molecule has 0 heteroatoms. The van der Waals surface area contributed by atoms with E-state index in [1.54, 1.807) is 5.92 Å². The number of hydrogen-bond donors (Lipinski definition) is 0. The van der Waals surface area contributed by atoms with E-state index in [9.17, 15) is 0 Å². The standard InChI is InChI=1S/C9H17/c1-3-8(4-2)9-6-5-7-9/h9H,3-7H2,1-2H3/q-1. The second-order valence-corrected chi connectivity index (χ2v) is 2.99. The van der Waals surface area contributed by atoms with Gasteiger partial charge in [-0.1, -0.05) is 33.1 Å². The minimum atomic E-state index is 1.03. The number of hydrogen-bond acceptors (Lipinski definition) is 0. The van der Waals surface area contributed by atoms with Gasteiger partial charge in [0, 0.05) is 0 Å². The van der Waals surface area contributed by atoms with Gasteiger partial charge in [0.2, 0.25) is 0 Å². The van der Waals surface area contributed by atoms with Gasteiger partial charge in [0.15, 0.2) is 0 Å². The van der Waals surface area contributed by atoms with E-state index in [0.717, 1.165) is 5.92 Å². The fraction of sp³-hybridized carbons (Fsp3) is 0.889. The minimum Gasteiger partial charge on any atom is -0.311 e. The molecule has 54 valence electrons. The van der Waals surface area contributed by atoms with Crippen LogP contribution in [-0.2, 0) is 0 Å². The lowest BCUT2D eigenvalue weighted by atomic mass is 9.74. The molecule has 0 amide bonds. The summed E-state index contributed by atoms with van der Waals surface area (Å²) in [5.41, 5.74) is 0. The average molecular weight is 125 g/mol. The zero-order valence-electron chi connectivity index (χ0n) is 6.61. The first-order valence-electron chi connectivity index (χ1n) is 4.23. The van der Waals surface area contributed by atoms with Crippen LogP contribution in [0.1, 0.15) is 46.0 Å². The molecule has 0 aliphatic heterocycles. The van der Waals surface area contributed by atoms with Crippen molar-refractivity contribution < 1.29 is 0 Å². The van der Waals surface area contributed by atoms with Crippen LogP contribution in [0, 0.1) is 11.8 Å². The van der Waals surface area contributed by atoms with Crippen molar-refractivity contribution in [1.29, 1.82) is 0 Å². The molecule has 1 aliphatic carbocycles. The van der Waals surface area contributed by atoms with E-state index in [1.807, 2.05) is 0 Å². The van der Waals surface area contributed by atoms with E-state index in [4.69, 9.17) is 0 Å². The lowest BCUT2D eigenvalue weighted by Crippen LogP contribution is -2.18. The summed E-state index contributed by atoms with van der Waals surface area (Å²) in [4.78, 5) is 0. The maximum atomic E-state index is 2.29. The Bertz CT molecular complexity index is 68.1. The van der Waals surface area contributed by atoms with Crippen LogP contribution in [0.4, 0.5) is 0 Å². The summed E-state index contributed by atoms with van der Waals surface area (Å²) in [6.07, 6.45) is 7.09. The summed E-state index contributed by atoms with van der Waals surface area (Å²) in [6.45, 7) is 4.58. The molecule has 0 bridgehead atoms. The van der Waals surface area contributed by atoms with Crippen molar-refractivity contribution >= 4 is 0 Å². The Labute approximate surface area is 58.7 Å². The Morgan fingerprint density at radius 1 is 1.22 bits per heavy atom. The molecular weight excluding hydrogens is 108 g/mol. The molecule has 1 aliphatic rings. The molecule has 0 aromatic rings. The predicted molar refractivity (Wildman–Crippen MR) is 41.2 cm³/mol. The van der Waals surface area contributed by atoms with Crippen LogP contribution in [0.15, 0.2) is 0 Å². The monoisotopic (exact) mass is 125 g/mol. The third-order valence-corrected chi connectivity index (χ3v) is 2.59. The topological polar surface area (TPSA) is 0 Å². The summed E-state index contributed by atoms with van der Waals surface area (Å²) in [7, 11) is 0. The van der Waals surface area contributed by atoms with Crippen LogP contribution < -0.4 is 0 Å². The van der Waals surface area contributed by atoms with E-state index in [0.29, 0.717) is 0 Å². The van der Waals surface area contributed by atoms with Gasteiger partial charge >= 0.3 is 0 Å². The normalized spacial score (nSPS) is 20.3. The molecule has 1 fully saturated rings. The summed E-state index contributed by atoms with van der Waals surface area (Å²) in [6, 6.07) is 0. The molecule has 0 atom stereocenters. The van der Waals surface area contributed by atoms with Gasteiger partial charge in [-0.05, 0) is 0 Å². The zero-order valence-corrected chi connectivity index (χ0v) is 6.61. The van der Waals surface area contributed by atoms with Crippen molar-refractivity contribution in [3.05, 3.63) is 5.92 Å². The van der Waals surface area contributed by atoms with Crippen molar-refractivity contribution in [3.63, 3.8) is 0 Å². The summed E-state index contributed by atoms with van der Waals surface area (Å²) >= 11 is 0. The van der Waals surface area contributed by atoms with Crippen molar-refractivity contribution in [1.82, 2.24) is 0 Å². The SMILES string of the molecule is CC[C-](CC)C1CCC1. The summed E-state index contributed by atoms with van der Waals surface area (Å²) in [5.74, 6) is 2.83. The van der Waals surface area contributed by atoms with Gasteiger partial charge in [0.25, 0.3) is 0 Å². The highest BCUT2D eigenvalue weighted by Gasteiger charge is 2.13. The maximum absolute atomic E-state index is 2.29. The summed E-state index contributed by atoms with van der Waals surface area (Å²) < 4.78 is 0. The van der Waals surface area contributed by atoms with Crippen LogP contribution in [0.25, 0.3) is 0 Å². The minimum absolute atomic E-state index is 1.03. The molecule has 0 aromatic heterocycles. The quantitative estimate of drug-likeness (QED) is 0.508. The van der Waals surface area contributed by atoms with Gasteiger partial charge in [-0.25, -0.2) is 0 Å². The molecule has 0 nitrogen and oxygen atoms in total. The first-order chi connectivity index (χ1) is 4.38. The Kier molecular flexibility index (Phi) is 2.56.